The van der Waals surface area contributed by atoms with Gasteiger partial charge in [0, 0.05) is 17.1 Å². The second-order valence-corrected chi connectivity index (χ2v) is 5.98. The summed E-state index contributed by atoms with van der Waals surface area (Å²) in [5.74, 6) is 5.80. The molecule has 2 aromatic carbocycles. The summed E-state index contributed by atoms with van der Waals surface area (Å²) in [5.41, 5.74) is 8.17. The number of carbonyl (C=O) groups is 1. The second-order valence-electron chi connectivity index (χ2n) is 5.55. The zero-order valence-corrected chi connectivity index (χ0v) is 13.8. The van der Waals surface area contributed by atoms with Crippen molar-refractivity contribution in [1.82, 2.24) is 16.2 Å². The van der Waals surface area contributed by atoms with Crippen molar-refractivity contribution in [3.05, 3.63) is 70.7 Å². The fraction of sp³-hybridized carbons (Fsp3) is 0.211. The number of halogens is 1. The summed E-state index contributed by atoms with van der Waals surface area (Å²) >= 11 is 5.92. The van der Waals surface area contributed by atoms with Crippen LogP contribution in [-0.2, 0) is 4.79 Å². The Bertz CT molecular complexity index is 750. The van der Waals surface area contributed by atoms with E-state index in [1.54, 1.807) is 0 Å². The normalized spacial score (nSPS) is 19.4. The molecule has 1 amide bonds. The van der Waals surface area contributed by atoms with E-state index in [1.165, 1.54) is 0 Å². The highest BCUT2D eigenvalue weighted by Crippen LogP contribution is 2.26. The smallest absolute Gasteiger partial charge is 0.227 e. The molecular weight excluding hydrogens is 322 g/mol. The molecule has 0 aromatic heterocycles. The number of carbonyl (C=O) groups excluding carboxylic acids is 1. The Kier molecular flexibility index (Phi) is 5.50. The number of rotatable bonds is 3. The Morgan fingerprint density at radius 2 is 1.92 bits per heavy atom. The largest absolute Gasteiger partial charge is 0.345 e. The number of nitrogens with one attached hydrogen (secondary N) is 3. The van der Waals surface area contributed by atoms with Gasteiger partial charge in [-0.1, -0.05) is 53.8 Å². The topological polar surface area (TPSA) is 53.2 Å². The maximum Gasteiger partial charge on any atom is 0.227 e. The molecule has 1 fully saturated rings. The van der Waals surface area contributed by atoms with Crippen LogP contribution in [0.4, 0.5) is 0 Å². The van der Waals surface area contributed by atoms with Gasteiger partial charge in [0.15, 0.2) is 0 Å². The van der Waals surface area contributed by atoms with Crippen LogP contribution >= 0.6 is 11.6 Å². The van der Waals surface area contributed by atoms with Gasteiger partial charge in [-0.3, -0.25) is 10.2 Å². The van der Waals surface area contributed by atoms with Crippen molar-refractivity contribution in [2.45, 2.75) is 6.04 Å². The van der Waals surface area contributed by atoms with Crippen molar-refractivity contribution in [3.63, 3.8) is 0 Å². The van der Waals surface area contributed by atoms with E-state index in [1.807, 2.05) is 54.6 Å². The highest BCUT2D eigenvalue weighted by molar-refractivity contribution is 6.30. The van der Waals surface area contributed by atoms with E-state index in [2.05, 4.69) is 28.0 Å². The van der Waals surface area contributed by atoms with Gasteiger partial charge in [-0.05, 0) is 29.8 Å². The maximum atomic E-state index is 12.4. The maximum absolute atomic E-state index is 12.4. The quantitative estimate of drug-likeness (QED) is 0.752. The molecule has 0 radical (unpaired) electrons. The standard InChI is InChI=1S/C19H18ClN3O/c20-16-10-8-15(9-11-16)18-17(13-22-23-18)19(24)21-12-4-7-14-5-2-1-3-6-14/h1-3,5-6,8-11,17-18,22-23H,12-13H2,(H,21,24). The van der Waals surface area contributed by atoms with Gasteiger partial charge in [0.1, 0.15) is 0 Å². The molecule has 2 unspecified atom stereocenters. The molecule has 122 valence electrons. The van der Waals surface area contributed by atoms with Gasteiger partial charge in [0.2, 0.25) is 5.91 Å². The molecule has 1 aliphatic rings. The first kappa shape index (κ1) is 16.5. The second kappa shape index (κ2) is 7.98. The molecule has 3 N–H and O–H groups in total. The van der Waals surface area contributed by atoms with Crippen molar-refractivity contribution < 1.29 is 4.79 Å². The predicted molar refractivity (Wildman–Crippen MR) is 95.2 cm³/mol. The first-order chi connectivity index (χ1) is 11.7. The van der Waals surface area contributed by atoms with Crippen LogP contribution in [0.1, 0.15) is 17.2 Å². The van der Waals surface area contributed by atoms with Crippen LogP contribution in [0.25, 0.3) is 0 Å². The lowest BCUT2D eigenvalue weighted by atomic mass is 9.94. The van der Waals surface area contributed by atoms with E-state index in [0.29, 0.717) is 18.1 Å². The van der Waals surface area contributed by atoms with Crippen LogP contribution in [0.2, 0.25) is 5.02 Å². The van der Waals surface area contributed by atoms with Crippen LogP contribution in [-0.4, -0.2) is 19.0 Å². The molecule has 1 aliphatic heterocycles. The summed E-state index contributed by atoms with van der Waals surface area (Å²) in [6.45, 7) is 0.906. The average Bonchev–Trinajstić information content (AvgIpc) is 3.10. The molecule has 0 spiro atoms. The van der Waals surface area contributed by atoms with Gasteiger partial charge in [-0.15, -0.1) is 0 Å². The lowest BCUT2D eigenvalue weighted by Crippen LogP contribution is -2.35. The summed E-state index contributed by atoms with van der Waals surface area (Å²) in [5, 5.41) is 3.57. The fourth-order valence-corrected chi connectivity index (χ4v) is 2.78. The Hall–Kier alpha value is -2.32. The van der Waals surface area contributed by atoms with Gasteiger partial charge < -0.3 is 5.32 Å². The molecule has 1 saturated heterocycles. The minimum Gasteiger partial charge on any atom is -0.345 e. The lowest BCUT2D eigenvalue weighted by Gasteiger charge is -2.17. The number of benzene rings is 2. The van der Waals surface area contributed by atoms with Gasteiger partial charge in [0.25, 0.3) is 0 Å². The Balaban J connectivity index is 1.58. The van der Waals surface area contributed by atoms with Gasteiger partial charge in [0.05, 0.1) is 18.5 Å². The zero-order chi connectivity index (χ0) is 16.8. The van der Waals surface area contributed by atoms with Gasteiger partial charge in [-0.2, -0.15) is 0 Å². The zero-order valence-electron chi connectivity index (χ0n) is 13.1. The van der Waals surface area contributed by atoms with Crippen LogP contribution in [0.5, 0.6) is 0 Å². The van der Waals surface area contributed by atoms with E-state index in [-0.39, 0.29) is 17.9 Å². The molecule has 1 heterocycles. The van der Waals surface area contributed by atoms with Crippen molar-refractivity contribution in [2.24, 2.45) is 5.92 Å². The molecule has 4 nitrogen and oxygen atoms in total. The van der Waals surface area contributed by atoms with Gasteiger partial charge >= 0.3 is 0 Å². The number of amides is 1. The van der Waals surface area contributed by atoms with E-state index >= 15 is 0 Å². The SMILES string of the molecule is O=C(NCC#Cc1ccccc1)C1CNNC1c1ccc(Cl)cc1. The van der Waals surface area contributed by atoms with E-state index in [0.717, 1.165) is 11.1 Å². The number of hydrogen-bond acceptors (Lipinski definition) is 3. The van der Waals surface area contributed by atoms with E-state index in [9.17, 15) is 4.79 Å². The number of hydrazine groups is 1. The van der Waals surface area contributed by atoms with Crippen LogP contribution < -0.4 is 16.2 Å². The Morgan fingerprint density at radius 1 is 1.17 bits per heavy atom. The van der Waals surface area contributed by atoms with Gasteiger partial charge in [-0.25, -0.2) is 5.43 Å². The molecule has 0 saturated carbocycles. The summed E-state index contributed by atoms with van der Waals surface area (Å²) in [4.78, 5) is 12.4. The first-order valence-corrected chi connectivity index (χ1v) is 8.17. The Morgan fingerprint density at radius 3 is 2.67 bits per heavy atom. The minimum absolute atomic E-state index is 0.0187. The number of hydrogen-bond donors (Lipinski definition) is 3. The molecule has 0 aliphatic carbocycles. The monoisotopic (exact) mass is 339 g/mol. The Labute approximate surface area is 146 Å². The fourth-order valence-electron chi connectivity index (χ4n) is 2.66. The molecule has 24 heavy (non-hydrogen) atoms. The summed E-state index contributed by atoms with van der Waals surface area (Å²) in [7, 11) is 0. The summed E-state index contributed by atoms with van der Waals surface area (Å²) in [6.07, 6.45) is 0. The average molecular weight is 340 g/mol. The van der Waals surface area contributed by atoms with Crippen molar-refractivity contribution >= 4 is 17.5 Å². The molecule has 2 aromatic rings. The predicted octanol–water partition coefficient (Wildman–Crippen LogP) is 2.27. The minimum atomic E-state index is -0.190. The van der Waals surface area contributed by atoms with E-state index in [4.69, 9.17) is 11.6 Å². The van der Waals surface area contributed by atoms with Crippen molar-refractivity contribution in [3.8, 4) is 11.8 Å². The molecule has 3 rings (SSSR count). The highest BCUT2D eigenvalue weighted by atomic mass is 35.5. The van der Waals surface area contributed by atoms with Crippen molar-refractivity contribution in [2.75, 3.05) is 13.1 Å². The van der Waals surface area contributed by atoms with Crippen LogP contribution in [0, 0.1) is 17.8 Å². The molecule has 0 bridgehead atoms. The first-order valence-electron chi connectivity index (χ1n) is 7.79. The lowest BCUT2D eigenvalue weighted by molar-refractivity contribution is -0.124. The molecule has 2 atom stereocenters. The van der Waals surface area contributed by atoms with Crippen LogP contribution in [0.3, 0.4) is 0 Å². The third-order valence-corrected chi connectivity index (χ3v) is 4.16. The third-order valence-electron chi connectivity index (χ3n) is 3.91. The van der Waals surface area contributed by atoms with Crippen LogP contribution in [0.15, 0.2) is 54.6 Å². The molecule has 5 heteroatoms. The highest BCUT2D eigenvalue weighted by Gasteiger charge is 2.33. The summed E-state index contributed by atoms with van der Waals surface area (Å²) in [6, 6.07) is 17.2. The molecular formula is C19H18ClN3O. The summed E-state index contributed by atoms with van der Waals surface area (Å²) < 4.78 is 0. The van der Waals surface area contributed by atoms with E-state index < -0.39 is 0 Å². The third kappa shape index (κ3) is 4.15. The van der Waals surface area contributed by atoms with Crippen molar-refractivity contribution in [1.29, 1.82) is 0 Å².